The average Bonchev–Trinajstić information content (AvgIpc) is 2.16. The topological polar surface area (TPSA) is 62.7 Å². The third-order valence-electron chi connectivity index (χ3n) is 1.86. The van der Waals surface area contributed by atoms with E-state index in [4.69, 9.17) is 11.0 Å². The van der Waals surface area contributed by atoms with Crippen LogP contribution in [-0.2, 0) is 6.54 Å². The summed E-state index contributed by atoms with van der Waals surface area (Å²) < 4.78 is 24.9. The Kier molecular flexibility index (Phi) is 3.10. The Morgan fingerprint density at radius 3 is 2.71 bits per heavy atom. The van der Waals surface area contributed by atoms with Crippen LogP contribution in [0.4, 0.5) is 8.78 Å². The zero-order valence-electron chi connectivity index (χ0n) is 7.59. The molecule has 0 spiro atoms. The van der Waals surface area contributed by atoms with Crippen molar-refractivity contribution >= 4 is 0 Å². The first-order valence-corrected chi connectivity index (χ1v) is 3.99. The number of nitriles is 1. The highest BCUT2D eigenvalue weighted by atomic mass is 19.3. The molecule has 5 heteroatoms. The lowest BCUT2D eigenvalue weighted by Gasteiger charge is -2.07. The minimum atomic E-state index is -2.69. The molecule has 0 fully saturated rings. The first kappa shape index (κ1) is 10.5. The van der Waals surface area contributed by atoms with Gasteiger partial charge >= 0.3 is 0 Å². The molecule has 0 aliphatic carbocycles. The maximum absolute atomic E-state index is 12.4. The second-order valence-electron chi connectivity index (χ2n) is 2.81. The van der Waals surface area contributed by atoms with Crippen LogP contribution in [0.15, 0.2) is 6.07 Å². The molecule has 0 aliphatic heterocycles. The normalized spacial score (nSPS) is 10.3. The van der Waals surface area contributed by atoms with Gasteiger partial charge in [-0.25, -0.2) is 13.8 Å². The van der Waals surface area contributed by atoms with Crippen LogP contribution in [0, 0.1) is 18.3 Å². The fourth-order valence-electron chi connectivity index (χ4n) is 1.15. The number of rotatable bonds is 2. The molecule has 0 saturated carbocycles. The molecule has 1 heterocycles. The van der Waals surface area contributed by atoms with E-state index in [1.807, 2.05) is 0 Å². The fraction of sp³-hybridized carbons (Fsp3) is 0.333. The van der Waals surface area contributed by atoms with Gasteiger partial charge in [0.15, 0.2) is 0 Å². The lowest BCUT2D eigenvalue weighted by atomic mass is 10.1. The van der Waals surface area contributed by atoms with E-state index in [1.165, 1.54) is 6.07 Å². The number of hydrogen-bond donors (Lipinski definition) is 1. The molecule has 14 heavy (non-hydrogen) atoms. The van der Waals surface area contributed by atoms with Gasteiger partial charge in [-0.05, 0) is 24.1 Å². The van der Waals surface area contributed by atoms with Gasteiger partial charge in [-0.3, -0.25) is 0 Å². The minimum Gasteiger partial charge on any atom is -0.326 e. The Balaban J connectivity index is 3.34. The Hall–Kier alpha value is -1.54. The highest BCUT2D eigenvalue weighted by molar-refractivity contribution is 5.36. The molecule has 0 radical (unpaired) electrons. The molecule has 74 valence electrons. The summed E-state index contributed by atoms with van der Waals surface area (Å²) in [5.74, 6) is 0. The summed E-state index contributed by atoms with van der Waals surface area (Å²) in [4.78, 5) is 3.57. The van der Waals surface area contributed by atoms with Crippen molar-refractivity contribution in [3.8, 4) is 6.07 Å². The Labute approximate surface area is 80.2 Å². The third kappa shape index (κ3) is 1.86. The summed E-state index contributed by atoms with van der Waals surface area (Å²) in [5.41, 5.74) is 5.78. The molecule has 0 aliphatic rings. The van der Waals surface area contributed by atoms with Gasteiger partial charge in [-0.2, -0.15) is 5.26 Å². The smallest absolute Gasteiger partial charge is 0.280 e. The van der Waals surface area contributed by atoms with Gasteiger partial charge < -0.3 is 5.73 Å². The predicted octanol–water partition coefficient (Wildman–Crippen LogP) is 1.66. The highest BCUT2D eigenvalue weighted by Crippen LogP contribution is 2.22. The van der Waals surface area contributed by atoms with E-state index in [0.717, 1.165) is 0 Å². The summed E-state index contributed by atoms with van der Waals surface area (Å²) in [5, 5.41) is 8.60. The second kappa shape index (κ2) is 4.11. The minimum absolute atomic E-state index is 0.000772. The van der Waals surface area contributed by atoms with Crippen molar-refractivity contribution < 1.29 is 8.78 Å². The van der Waals surface area contributed by atoms with Gasteiger partial charge in [0.1, 0.15) is 17.5 Å². The summed E-state index contributed by atoms with van der Waals surface area (Å²) in [7, 11) is 0. The number of halogens is 2. The number of nitrogens with two attached hydrogens (primary N) is 1. The maximum atomic E-state index is 12.4. The van der Waals surface area contributed by atoms with Crippen LogP contribution in [0.5, 0.6) is 0 Å². The van der Waals surface area contributed by atoms with Gasteiger partial charge in [-0.15, -0.1) is 0 Å². The van der Waals surface area contributed by atoms with Gasteiger partial charge in [0, 0.05) is 6.54 Å². The molecule has 0 bridgehead atoms. The zero-order chi connectivity index (χ0) is 10.7. The van der Waals surface area contributed by atoms with Crippen molar-refractivity contribution in [1.82, 2.24) is 4.98 Å². The molecule has 1 rings (SSSR count). The van der Waals surface area contributed by atoms with Crippen LogP contribution in [-0.4, -0.2) is 4.98 Å². The van der Waals surface area contributed by atoms with Crippen molar-refractivity contribution in [3.05, 3.63) is 28.6 Å². The Morgan fingerprint density at radius 2 is 2.29 bits per heavy atom. The van der Waals surface area contributed by atoms with Gasteiger partial charge in [-0.1, -0.05) is 0 Å². The molecule has 2 N–H and O–H groups in total. The highest BCUT2D eigenvalue weighted by Gasteiger charge is 2.16. The first-order valence-electron chi connectivity index (χ1n) is 3.99. The van der Waals surface area contributed by atoms with Gasteiger partial charge in [0.25, 0.3) is 6.43 Å². The van der Waals surface area contributed by atoms with Crippen molar-refractivity contribution in [1.29, 1.82) is 5.26 Å². The van der Waals surface area contributed by atoms with Gasteiger partial charge in [0.05, 0.1) is 0 Å². The molecule has 1 aromatic heterocycles. The van der Waals surface area contributed by atoms with E-state index in [0.29, 0.717) is 5.56 Å². The van der Waals surface area contributed by atoms with E-state index in [1.54, 1.807) is 13.0 Å². The summed E-state index contributed by atoms with van der Waals surface area (Å²) in [6.45, 7) is 1.64. The molecular weight excluding hydrogens is 188 g/mol. The number of aromatic nitrogens is 1. The Bertz CT molecular complexity index is 382. The van der Waals surface area contributed by atoms with Crippen molar-refractivity contribution in [2.24, 2.45) is 5.73 Å². The lowest BCUT2D eigenvalue weighted by Crippen LogP contribution is -2.07. The van der Waals surface area contributed by atoms with Crippen molar-refractivity contribution in [2.75, 3.05) is 0 Å². The quantitative estimate of drug-likeness (QED) is 0.784. The van der Waals surface area contributed by atoms with Crippen LogP contribution in [0.3, 0.4) is 0 Å². The van der Waals surface area contributed by atoms with Gasteiger partial charge in [0.2, 0.25) is 0 Å². The molecule has 3 nitrogen and oxygen atoms in total. The van der Waals surface area contributed by atoms with E-state index in [9.17, 15) is 8.78 Å². The van der Waals surface area contributed by atoms with E-state index in [2.05, 4.69) is 4.98 Å². The average molecular weight is 197 g/mol. The van der Waals surface area contributed by atoms with Crippen LogP contribution in [0.25, 0.3) is 0 Å². The van der Waals surface area contributed by atoms with E-state index in [-0.39, 0.29) is 17.8 Å². The van der Waals surface area contributed by atoms with Crippen LogP contribution < -0.4 is 5.73 Å². The largest absolute Gasteiger partial charge is 0.326 e. The van der Waals surface area contributed by atoms with Crippen molar-refractivity contribution in [2.45, 2.75) is 19.9 Å². The zero-order valence-corrected chi connectivity index (χ0v) is 7.59. The molecule has 0 amide bonds. The van der Waals surface area contributed by atoms with E-state index >= 15 is 0 Å². The maximum Gasteiger partial charge on any atom is 0.280 e. The summed E-state index contributed by atoms with van der Waals surface area (Å²) in [6, 6.07) is 3.24. The Morgan fingerprint density at radius 1 is 1.64 bits per heavy atom. The predicted molar refractivity (Wildman–Crippen MR) is 46.5 cm³/mol. The van der Waals surface area contributed by atoms with Crippen molar-refractivity contribution in [3.63, 3.8) is 0 Å². The number of nitrogens with zero attached hydrogens (tertiary/aromatic N) is 2. The third-order valence-corrected chi connectivity index (χ3v) is 1.86. The summed E-state index contributed by atoms with van der Waals surface area (Å²) in [6.07, 6.45) is -2.69. The van der Waals surface area contributed by atoms with Crippen LogP contribution in [0.2, 0.25) is 0 Å². The fourth-order valence-corrected chi connectivity index (χ4v) is 1.15. The summed E-state index contributed by atoms with van der Waals surface area (Å²) >= 11 is 0. The van der Waals surface area contributed by atoms with Crippen LogP contribution in [0.1, 0.15) is 28.9 Å². The second-order valence-corrected chi connectivity index (χ2v) is 2.81. The van der Waals surface area contributed by atoms with Crippen LogP contribution >= 0.6 is 0 Å². The standard InChI is InChI=1S/C9H9F2N3/c1-5-2-6(3-12)8(9(10)11)14-7(5)4-13/h2,9H,3,12H2,1H3. The first-order chi connectivity index (χ1) is 6.60. The number of pyridine rings is 1. The SMILES string of the molecule is Cc1cc(CN)c(C(F)F)nc1C#N. The van der Waals surface area contributed by atoms with E-state index < -0.39 is 12.1 Å². The number of alkyl halides is 2. The number of aryl methyl sites for hydroxylation is 1. The lowest BCUT2D eigenvalue weighted by molar-refractivity contribution is 0.144. The molecule has 0 aromatic carbocycles. The molecule has 0 saturated heterocycles. The molecular formula is C9H9F2N3. The molecule has 0 atom stereocenters. The number of hydrogen-bond acceptors (Lipinski definition) is 3. The molecule has 0 unspecified atom stereocenters. The monoisotopic (exact) mass is 197 g/mol. The molecule has 1 aromatic rings.